The van der Waals surface area contributed by atoms with Crippen molar-refractivity contribution in [2.75, 3.05) is 11.1 Å². The summed E-state index contributed by atoms with van der Waals surface area (Å²) < 4.78 is 0. The minimum absolute atomic E-state index is 0.0300. The summed E-state index contributed by atoms with van der Waals surface area (Å²) in [5, 5.41) is 8.54. The molecule has 7 nitrogen and oxygen atoms in total. The van der Waals surface area contributed by atoms with Gasteiger partial charge in [0.05, 0.1) is 0 Å². The van der Waals surface area contributed by atoms with Gasteiger partial charge in [-0.3, -0.25) is 9.89 Å². The number of aromatic amines is 1. The number of aryl methyl sites for hydroxylation is 1. The molecule has 2 aromatic heterocycles. The zero-order valence-corrected chi connectivity index (χ0v) is 8.56. The lowest BCUT2D eigenvalue weighted by Crippen LogP contribution is -2.14. The van der Waals surface area contributed by atoms with E-state index in [1.165, 1.54) is 0 Å². The summed E-state index contributed by atoms with van der Waals surface area (Å²) in [6.07, 6.45) is 0. The van der Waals surface area contributed by atoms with Gasteiger partial charge in [-0.25, -0.2) is 4.98 Å². The van der Waals surface area contributed by atoms with E-state index in [4.69, 9.17) is 5.73 Å². The standard InChI is InChI=1S/C9H10N6O/c1-5-3-2-4-6(11-5)12-8(16)7-13-9(10)15-14-7/h2-4H,1H3,(H,11,12,16)(H3,10,13,14,15). The predicted molar refractivity (Wildman–Crippen MR) is 57.7 cm³/mol. The van der Waals surface area contributed by atoms with Crippen LogP contribution in [0.5, 0.6) is 0 Å². The van der Waals surface area contributed by atoms with Crippen LogP contribution in [0, 0.1) is 6.92 Å². The van der Waals surface area contributed by atoms with E-state index in [1.54, 1.807) is 12.1 Å². The lowest BCUT2D eigenvalue weighted by molar-refractivity contribution is 0.101. The smallest absolute Gasteiger partial charge is 0.294 e. The quantitative estimate of drug-likeness (QED) is 0.673. The number of nitrogens with two attached hydrogens (primary N) is 1. The molecule has 0 aromatic carbocycles. The highest BCUT2D eigenvalue weighted by Gasteiger charge is 2.11. The number of hydrogen-bond donors (Lipinski definition) is 3. The second-order valence-electron chi connectivity index (χ2n) is 3.16. The van der Waals surface area contributed by atoms with E-state index in [2.05, 4.69) is 25.5 Å². The molecule has 1 amide bonds. The average Bonchev–Trinajstić information content (AvgIpc) is 2.65. The number of amides is 1. The molecule has 2 aromatic rings. The molecule has 4 N–H and O–H groups in total. The minimum Gasteiger partial charge on any atom is -0.366 e. The van der Waals surface area contributed by atoms with Crippen molar-refractivity contribution < 1.29 is 4.79 Å². The normalized spacial score (nSPS) is 10.1. The maximum atomic E-state index is 11.6. The van der Waals surface area contributed by atoms with Crippen LogP contribution in [0.3, 0.4) is 0 Å². The maximum absolute atomic E-state index is 11.6. The molecule has 0 aliphatic carbocycles. The van der Waals surface area contributed by atoms with Crippen molar-refractivity contribution in [3.63, 3.8) is 0 Å². The van der Waals surface area contributed by atoms with Crippen molar-refractivity contribution in [1.82, 2.24) is 20.2 Å². The van der Waals surface area contributed by atoms with E-state index in [-0.39, 0.29) is 11.8 Å². The monoisotopic (exact) mass is 218 g/mol. The Kier molecular flexibility index (Phi) is 2.50. The minimum atomic E-state index is -0.428. The van der Waals surface area contributed by atoms with Crippen LogP contribution in [0.4, 0.5) is 11.8 Å². The first-order chi connectivity index (χ1) is 7.65. The fourth-order valence-corrected chi connectivity index (χ4v) is 1.16. The first kappa shape index (κ1) is 10.1. The number of carbonyl (C=O) groups is 1. The van der Waals surface area contributed by atoms with Crippen molar-refractivity contribution >= 4 is 17.7 Å². The van der Waals surface area contributed by atoms with Gasteiger partial charge in [-0.05, 0) is 19.1 Å². The van der Waals surface area contributed by atoms with Crippen molar-refractivity contribution in [1.29, 1.82) is 0 Å². The molecule has 0 saturated carbocycles. The SMILES string of the molecule is Cc1cccc(NC(=O)c2nc(N)n[nH]2)n1. The third-order valence-corrected chi connectivity index (χ3v) is 1.85. The molecule has 7 heteroatoms. The second kappa shape index (κ2) is 3.97. The van der Waals surface area contributed by atoms with E-state index in [0.717, 1.165) is 5.69 Å². The zero-order valence-electron chi connectivity index (χ0n) is 8.56. The molecule has 2 rings (SSSR count). The Hall–Kier alpha value is -2.44. The largest absolute Gasteiger partial charge is 0.366 e. The number of H-pyrrole nitrogens is 1. The number of rotatable bonds is 2. The second-order valence-corrected chi connectivity index (χ2v) is 3.16. The summed E-state index contributed by atoms with van der Waals surface area (Å²) in [7, 11) is 0. The Bertz CT molecular complexity index is 520. The topological polar surface area (TPSA) is 110 Å². The number of nitrogen functional groups attached to an aromatic ring is 1. The van der Waals surface area contributed by atoms with Gasteiger partial charge in [0.15, 0.2) is 0 Å². The fraction of sp³-hybridized carbons (Fsp3) is 0.111. The number of aromatic nitrogens is 4. The van der Waals surface area contributed by atoms with Crippen molar-refractivity contribution in [2.24, 2.45) is 0 Å². The van der Waals surface area contributed by atoms with E-state index in [9.17, 15) is 4.79 Å². The van der Waals surface area contributed by atoms with E-state index in [0.29, 0.717) is 5.82 Å². The third-order valence-electron chi connectivity index (χ3n) is 1.85. The summed E-state index contributed by atoms with van der Waals surface area (Å²) in [6, 6.07) is 5.32. The summed E-state index contributed by atoms with van der Waals surface area (Å²) in [5.74, 6) is 0.116. The van der Waals surface area contributed by atoms with Gasteiger partial charge in [0, 0.05) is 5.69 Å². The molecule has 0 unspecified atom stereocenters. The first-order valence-electron chi connectivity index (χ1n) is 4.58. The highest BCUT2D eigenvalue weighted by molar-refractivity contribution is 6.01. The lowest BCUT2D eigenvalue weighted by atomic mass is 10.4. The predicted octanol–water partition coefficient (Wildman–Crippen LogP) is 0.343. The molecule has 0 radical (unpaired) electrons. The Morgan fingerprint density at radius 2 is 2.25 bits per heavy atom. The summed E-state index contributed by atoms with van der Waals surface area (Å²) >= 11 is 0. The Morgan fingerprint density at radius 1 is 1.44 bits per heavy atom. The van der Waals surface area contributed by atoms with Gasteiger partial charge in [-0.2, -0.15) is 4.98 Å². The van der Waals surface area contributed by atoms with Gasteiger partial charge in [-0.15, -0.1) is 5.10 Å². The zero-order chi connectivity index (χ0) is 11.5. The molecule has 0 atom stereocenters. The molecular weight excluding hydrogens is 208 g/mol. The van der Waals surface area contributed by atoms with Gasteiger partial charge in [0.1, 0.15) is 5.82 Å². The summed E-state index contributed by atoms with van der Waals surface area (Å²) in [5.41, 5.74) is 6.10. The summed E-state index contributed by atoms with van der Waals surface area (Å²) in [6.45, 7) is 1.84. The molecule has 16 heavy (non-hydrogen) atoms. The number of anilines is 2. The molecule has 0 aliphatic heterocycles. The Labute approximate surface area is 91.1 Å². The first-order valence-corrected chi connectivity index (χ1v) is 4.58. The van der Waals surface area contributed by atoms with Crippen LogP contribution in [0.1, 0.15) is 16.3 Å². The molecule has 82 valence electrons. The van der Waals surface area contributed by atoms with Crippen molar-refractivity contribution in [3.05, 3.63) is 29.7 Å². The van der Waals surface area contributed by atoms with Gasteiger partial charge in [0.2, 0.25) is 11.8 Å². The fourth-order valence-electron chi connectivity index (χ4n) is 1.16. The van der Waals surface area contributed by atoms with Crippen molar-refractivity contribution in [2.45, 2.75) is 6.92 Å². The maximum Gasteiger partial charge on any atom is 0.294 e. The van der Waals surface area contributed by atoms with E-state index in [1.807, 2.05) is 13.0 Å². The number of carbonyl (C=O) groups excluding carboxylic acids is 1. The Morgan fingerprint density at radius 3 is 2.88 bits per heavy atom. The molecule has 2 heterocycles. The van der Waals surface area contributed by atoms with Crippen LogP contribution in [0.25, 0.3) is 0 Å². The van der Waals surface area contributed by atoms with Crippen LogP contribution < -0.4 is 11.1 Å². The van der Waals surface area contributed by atoms with Crippen LogP contribution in [0.2, 0.25) is 0 Å². The van der Waals surface area contributed by atoms with Crippen LogP contribution in [-0.4, -0.2) is 26.1 Å². The number of pyridine rings is 1. The highest BCUT2D eigenvalue weighted by atomic mass is 16.2. The van der Waals surface area contributed by atoms with E-state index >= 15 is 0 Å². The molecular formula is C9H10N6O. The van der Waals surface area contributed by atoms with E-state index < -0.39 is 5.91 Å². The van der Waals surface area contributed by atoms with Gasteiger partial charge in [-0.1, -0.05) is 6.07 Å². The van der Waals surface area contributed by atoms with Gasteiger partial charge < -0.3 is 11.1 Å². The van der Waals surface area contributed by atoms with Crippen LogP contribution in [-0.2, 0) is 0 Å². The molecule has 0 saturated heterocycles. The molecule has 0 aliphatic rings. The van der Waals surface area contributed by atoms with Gasteiger partial charge >= 0.3 is 0 Å². The summed E-state index contributed by atoms with van der Waals surface area (Å²) in [4.78, 5) is 19.4. The molecule has 0 spiro atoms. The molecule has 0 fully saturated rings. The van der Waals surface area contributed by atoms with Gasteiger partial charge in [0.25, 0.3) is 5.91 Å². The van der Waals surface area contributed by atoms with Crippen molar-refractivity contribution in [3.8, 4) is 0 Å². The highest BCUT2D eigenvalue weighted by Crippen LogP contribution is 2.05. The van der Waals surface area contributed by atoms with Crippen LogP contribution >= 0.6 is 0 Å². The van der Waals surface area contributed by atoms with Crippen LogP contribution in [0.15, 0.2) is 18.2 Å². The number of hydrogen-bond acceptors (Lipinski definition) is 5. The number of nitrogens with one attached hydrogen (secondary N) is 2. The number of nitrogens with zero attached hydrogens (tertiary/aromatic N) is 3. The third kappa shape index (κ3) is 2.14. The molecule has 0 bridgehead atoms. The lowest BCUT2D eigenvalue weighted by Gasteiger charge is -2.01. The Balaban J connectivity index is 2.13. The average molecular weight is 218 g/mol.